The maximum atomic E-state index is 14.9. The highest BCUT2D eigenvalue weighted by Gasteiger charge is 2.37. The van der Waals surface area contributed by atoms with Crippen LogP contribution in [0.1, 0.15) is 44.1 Å². The van der Waals surface area contributed by atoms with E-state index in [1.807, 2.05) is 0 Å². The topological polar surface area (TPSA) is 75.4 Å². The van der Waals surface area contributed by atoms with E-state index in [-0.39, 0.29) is 41.9 Å². The van der Waals surface area contributed by atoms with Crippen LogP contribution in [0.25, 0.3) is 0 Å². The third-order valence-electron chi connectivity index (χ3n) is 8.16. The van der Waals surface area contributed by atoms with Crippen LogP contribution in [0, 0.1) is 5.92 Å². The van der Waals surface area contributed by atoms with E-state index < -0.39 is 23.3 Å². The monoisotopic (exact) mass is 615 g/mol. The van der Waals surface area contributed by atoms with Gasteiger partial charge in [-0.2, -0.15) is 13.2 Å². The zero-order valence-electron chi connectivity index (χ0n) is 23.3. The largest absolute Gasteiger partial charge is 0.462 e. The van der Waals surface area contributed by atoms with Crippen LogP contribution in [0.4, 0.5) is 23.2 Å². The van der Waals surface area contributed by atoms with Crippen molar-refractivity contribution in [3.05, 3.63) is 40.6 Å². The van der Waals surface area contributed by atoms with Gasteiger partial charge in [0.15, 0.2) is 16.9 Å². The molecule has 4 aliphatic rings. The number of anilines is 1. The number of hydrogen-bond donors (Lipinski definition) is 1. The Labute approximate surface area is 247 Å². The van der Waals surface area contributed by atoms with E-state index in [1.165, 1.54) is 23.0 Å². The Morgan fingerprint density at radius 1 is 1.12 bits per heavy atom. The van der Waals surface area contributed by atoms with Crippen LogP contribution in [0.5, 0.6) is 0 Å². The second kappa shape index (κ2) is 13.4. The van der Waals surface area contributed by atoms with Gasteiger partial charge >= 0.3 is 12.1 Å². The number of allylic oxidation sites excluding steroid dienone is 1. The molecule has 1 aromatic rings. The molecule has 13 heteroatoms. The molecule has 8 nitrogen and oxygen atoms in total. The van der Waals surface area contributed by atoms with Crippen molar-refractivity contribution in [2.75, 3.05) is 51.0 Å². The van der Waals surface area contributed by atoms with Crippen molar-refractivity contribution in [2.45, 2.75) is 62.5 Å². The number of halogens is 5. The number of rotatable bonds is 8. The highest BCUT2D eigenvalue weighted by atomic mass is 35.5. The number of alkyl halides is 4. The molecule has 1 amide bonds. The smallest absolute Gasteiger partial charge is 0.379 e. The van der Waals surface area contributed by atoms with Gasteiger partial charge in [0.1, 0.15) is 6.21 Å². The SMILES string of the molecule is O=C1C(Cl)=C(NC[C@@]2(F)CCCOC2)C=N/[N+]1=C\C1CCC(N(C[C@@H]2COCCO2)c2ccc(C(F)(F)F)cc2)CC1. The van der Waals surface area contributed by atoms with Crippen molar-refractivity contribution in [3.63, 3.8) is 0 Å². The Balaban J connectivity index is 1.21. The van der Waals surface area contributed by atoms with E-state index in [0.29, 0.717) is 51.5 Å². The number of hydrogen-bond acceptors (Lipinski definition) is 7. The first kappa shape index (κ1) is 30.9. The number of nitrogens with one attached hydrogen (secondary N) is 1. The summed E-state index contributed by atoms with van der Waals surface area (Å²) in [4.78, 5) is 15.1. The maximum absolute atomic E-state index is 14.9. The van der Waals surface area contributed by atoms with E-state index in [4.69, 9.17) is 25.8 Å². The fourth-order valence-corrected chi connectivity index (χ4v) is 6.02. The lowest BCUT2D eigenvalue weighted by Gasteiger charge is -2.40. The molecule has 1 N–H and O–H groups in total. The van der Waals surface area contributed by atoms with Crippen molar-refractivity contribution in [3.8, 4) is 0 Å². The average Bonchev–Trinajstić information content (AvgIpc) is 2.99. The normalized spacial score (nSPS) is 30.1. The van der Waals surface area contributed by atoms with E-state index in [2.05, 4.69) is 15.3 Å². The Kier molecular flexibility index (Phi) is 9.86. The molecule has 0 aromatic heterocycles. The minimum Gasteiger partial charge on any atom is -0.379 e. The summed E-state index contributed by atoms with van der Waals surface area (Å²) in [5, 5.41) is 7.09. The summed E-state index contributed by atoms with van der Waals surface area (Å²) in [6.07, 6.45) is 2.64. The quantitative estimate of drug-likeness (QED) is 0.339. The van der Waals surface area contributed by atoms with Crippen molar-refractivity contribution in [1.29, 1.82) is 0 Å². The van der Waals surface area contributed by atoms with Crippen LogP contribution in [0.15, 0.2) is 40.1 Å². The number of amides is 1. The van der Waals surface area contributed by atoms with Crippen LogP contribution < -0.4 is 10.2 Å². The van der Waals surface area contributed by atoms with E-state index >= 15 is 0 Å². The molecule has 2 atom stereocenters. The molecule has 0 spiro atoms. The van der Waals surface area contributed by atoms with Gasteiger partial charge < -0.3 is 24.4 Å². The molecule has 2 saturated heterocycles. The summed E-state index contributed by atoms with van der Waals surface area (Å²) >= 11 is 6.33. The fraction of sp³-hybridized carbons (Fsp3) is 0.621. The lowest BCUT2D eigenvalue weighted by molar-refractivity contribution is -0.447. The predicted octanol–water partition coefficient (Wildman–Crippen LogP) is 4.65. The first-order valence-electron chi connectivity index (χ1n) is 14.4. The number of nitrogens with zero attached hydrogens (tertiary/aromatic N) is 3. The number of carbonyl (C=O) groups is 1. The third kappa shape index (κ3) is 7.69. The lowest BCUT2D eigenvalue weighted by Crippen LogP contribution is -2.46. The Bertz CT molecular complexity index is 1190. The van der Waals surface area contributed by atoms with Crippen LogP contribution in [0.2, 0.25) is 0 Å². The molecule has 3 fully saturated rings. The molecule has 0 radical (unpaired) electrons. The highest BCUT2D eigenvalue weighted by Crippen LogP contribution is 2.34. The van der Waals surface area contributed by atoms with Crippen molar-refractivity contribution in [2.24, 2.45) is 11.0 Å². The second-order valence-electron chi connectivity index (χ2n) is 11.3. The molecule has 3 heterocycles. The van der Waals surface area contributed by atoms with Crippen molar-refractivity contribution < 1.29 is 41.3 Å². The number of ether oxygens (including phenoxy) is 3. The first-order valence-corrected chi connectivity index (χ1v) is 14.8. The van der Waals surface area contributed by atoms with Crippen LogP contribution in [-0.4, -0.2) is 87.0 Å². The maximum Gasteiger partial charge on any atom is 0.462 e. The molecule has 0 bridgehead atoms. The number of benzene rings is 1. The Morgan fingerprint density at radius 2 is 1.88 bits per heavy atom. The molecule has 230 valence electrons. The molecule has 0 unspecified atom stereocenters. The van der Waals surface area contributed by atoms with Gasteiger partial charge in [0.2, 0.25) is 0 Å². The minimum atomic E-state index is -4.40. The lowest BCUT2D eigenvalue weighted by atomic mass is 9.85. The Morgan fingerprint density at radius 3 is 2.52 bits per heavy atom. The summed E-state index contributed by atoms with van der Waals surface area (Å²) in [6, 6.07) is 5.32. The summed E-state index contributed by atoms with van der Waals surface area (Å²) < 4.78 is 72.2. The van der Waals surface area contributed by atoms with Crippen LogP contribution in [-0.2, 0) is 25.2 Å². The molecule has 3 aliphatic heterocycles. The summed E-state index contributed by atoms with van der Waals surface area (Å²) in [7, 11) is 0. The summed E-state index contributed by atoms with van der Waals surface area (Å²) in [6.45, 7) is 2.45. The van der Waals surface area contributed by atoms with Gasteiger partial charge in [-0.15, -0.1) is 0 Å². The molecule has 1 saturated carbocycles. The summed E-state index contributed by atoms with van der Waals surface area (Å²) in [5.41, 5.74) is -1.23. The van der Waals surface area contributed by atoms with Crippen molar-refractivity contribution in [1.82, 2.24) is 5.32 Å². The highest BCUT2D eigenvalue weighted by molar-refractivity contribution is 6.42. The van der Waals surface area contributed by atoms with Gasteiger partial charge in [0.05, 0.1) is 50.3 Å². The first-order chi connectivity index (χ1) is 20.1. The zero-order chi connectivity index (χ0) is 29.7. The summed E-state index contributed by atoms with van der Waals surface area (Å²) in [5.74, 6) is -0.434. The molecule has 5 rings (SSSR count). The average molecular weight is 616 g/mol. The van der Waals surface area contributed by atoms with Gasteiger partial charge in [-0.05, 0) is 67.5 Å². The number of hydrazone groups is 1. The zero-order valence-corrected chi connectivity index (χ0v) is 24.0. The standard InChI is InChI=1S/C29H35ClF4N4O4/c30-26-25(35-18-28(31)10-1-11-41-19-28)14-36-38(27(26)39)15-20-2-6-22(7-3-20)37(16-24-17-40-12-13-42-24)23-8-4-21(5-9-23)29(32,33)34/h4-5,8-9,14-15,20,22,24H,1-3,6-7,10-13,16-19H2/p+1/b38-15-/t20?,22?,24-,28+/m1/s1. The predicted molar refractivity (Wildman–Crippen MR) is 150 cm³/mol. The van der Waals surface area contributed by atoms with E-state index in [9.17, 15) is 22.4 Å². The molecule has 1 aromatic carbocycles. The molecular formula is C29H36ClF4N4O4+. The van der Waals surface area contributed by atoms with E-state index in [1.54, 1.807) is 6.21 Å². The van der Waals surface area contributed by atoms with Crippen LogP contribution in [0.3, 0.4) is 0 Å². The molecule has 1 aliphatic carbocycles. The minimum absolute atomic E-state index is 0.00365. The molecule has 42 heavy (non-hydrogen) atoms. The van der Waals surface area contributed by atoms with Gasteiger partial charge in [-0.25, -0.2) is 9.18 Å². The third-order valence-corrected chi connectivity index (χ3v) is 8.52. The number of carbonyl (C=O) groups excluding carboxylic acids is 1. The second-order valence-corrected chi connectivity index (χ2v) is 11.6. The molecular weight excluding hydrogens is 580 g/mol. The van der Waals surface area contributed by atoms with E-state index in [0.717, 1.165) is 37.8 Å². The van der Waals surface area contributed by atoms with Crippen molar-refractivity contribution >= 4 is 35.6 Å². The van der Waals surface area contributed by atoms with Crippen LogP contribution >= 0.6 is 11.6 Å². The van der Waals surface area contributed by atoms with Gasteiger partial charge in [-0.1, -0.05) is 11.6 Å². The van der Waals surface area contributed by atoms with Gasteiger partial charge in [-0.3, -0.25) is 0 Å². The fourth-order valence-electron chi connectivity index (χ4n) is 5.82. The van der Waals surface area contributed by atoms with Gasteiger partial charge in [0, 0.05) is 35.9 Å². The van der Waals surface area contributed by atoms with Gasteiger partial charge in [0.25, 0.3) is 0 Å². The Hall–Kier alpha value is -2.54.